The number of nitrogens with zero attached hydrogens (tertiary/aromatic N) is 3. The van der Waals surface area contributed by atoms with Crippen molar-refractivity contribution in [1.82, 2.24) is 9.55 Å². The average molecular weight is 228 g/mol. The minimum atomic E-state index is 0.489. The molecule has 2 rings (SSSR count). The molecule has 0 amide bonds. The van der Waals surface area contributed by atoms with Gasteiger partial charge in [0, 0.05) is 6.54 Å². The van der Waals surface area contributed by atoms with Gasteiger partial charge in [0.1, 0.15) is 11.6 Å². The molecule has 0 saturated carbocycles. The fourth-order valence-corrected chi connectivity index (χ4v) is 1.88. The van der Waals surface area contributed by atoms with Gasteiger partial charge in [-0.25, -0.2) is 4.98 Å². The predicted octanol–water partition coefficient (Wildman–Crippen LogP) is 2.54. The van der Waals surface area contributed by atoms with Crippen molar-refractivity contribution in [2.45, 2.75) is 26.8 Å². The van der Waals surface area contributed by atoms with Gasteiger partial charge in [0.05, 0.1) is 11.1 Å². The molecule has 4 nitrogen and oxygen atoms in total. The molecule has 0 spiro atoms. The monoisotopic (exact) mass is 228 g/mol. The molecule has 88 valence electrons. The maximum atomic E-state index is 9.01. The summed E-state index contributed by atoms with van der Waals surface area (Å²) in [6.07, 6.45) is 1.05. The van der Waals surface area contributed by atoms with E-state index in [0.717, 1.165) is 18.5 Å². The molecule has 0 aliphatic heterocycles. The van der Waals surface area contributed by atoms with Gasteiger partial charge in [0.25, 0.3) is 0 Å². The Kier molecular flexibility index (Phi) is 3.01. The molecule has 0 atom stereocenters. The lowest BCUT2D eigenvalue weighted by Crippen LogP contribution is -2.05. The van der Waals surface area contributed by atoms with E-state index in [-0.39, 0.29) is 0 Å². The zero-order chi connectivity index (χ0) is 12.4. The summed E-state index contributed by atoms with van der Waals surface area (Å²) in [5.41, 5.74) is 8.14. The Hall–Kier alpha value is -2.02. The third kappa shape index (κ3) is 2.09. The first-order chi connectivity index (χ1) is 8.13. The first-order valence-electron chi connectivity index (χ1n) is 5.78. The molecule has 17 heavy (non-hydrogen) atoms. The van der Waals surface area contributed by atoms with E-state index in [1.54, 1.807) is 6.07 Å². The van der Waals surface area contributed by atoms with Gasteiger partial charge in [-0.15, -0.1) is 0 Å². The highest BCUT2D eigenvalue weighted by Crippen LogP contribution is 2.21. The lowest BCUT2D eigenvalue weighted by molar-refractivity contribution is 0.526. The molecule has 0 aliphatic rings. The van der Waals surface area contributed by atoms with Gasteiger partial charge >= 0.3 is 0 Å². The normalized spacial score (nSPS) is 10.9. The Morgan fingerprint density at radius 1 is 1.47 bits per heavy atom. The number of rotatable bonds is 3. The molecule has 1 heterocycles. The molecule has 0 fully saturated rings. The van der Waals surface area contributed by atoms with Gasteiger partial charge in [-0.3, -0.25) is 0 Å². The number of para-hydroxylation sites is 1. The summed E-state index contributed by atoms with van der Waals surface area (Å²) < 4.78 is 1.98. The van der Waals surface area contributed by atoms with Crippen LogP contribution in [0.5, 0.6) is 0 Å². The molecule has 4 heteroatoms. The Balaban J connectivity index is 2.49. The van der Waals surface area contributed by atoms with Crippen LogP contribution < -0.4 is 5.73 Å². The van der Waals surface area contributed by atoms with E-state index in [9.17, 15) is 0 Å². The van der Waals surface area contributed by atoms with Crippen LogP contribution in [0.15, 0.2) is 18.2 Å². The molecule has 0 aliphatic carbocycles. The number of nitrogen functional groups attached to an aromatic ring is 1. The van der Waals surface area contributed by atoms with Crippen LogP contribution in [0, 0.1) is 17.2 Å². The summed E-state index contributed by atoms with van der Waals surface area (Å²) in [6.45, 7) is 5.20. The molecule has 0 radical (unpaired) electrons. The van der Waals surface area contributed by atoms with Crippen molar-refractivity contribution in [2.24, 2.45) is 5.92 Å². The number of anilines is 1. The number of fused-ring (bicyclic) bond motifs is 1. The quantitative estimate of drug-likeness (QED) is 0.877. The summed E-state index contributed by atoms with van der Waals surface area (Å²) in [6, 6.07) is 7.74. The van der Waals surface area contributed by atoms with Gasteiger partial charge in [0.15, 0.2) is 0 Å². The predicted molar refractivity (Wildman–Crippen MR) is 68.3 cm³/mol. The topological polar surface area (TPSA) is 67.6 Å². The molecule has 0 unspecified atom stereocenters. The molecular weight excluding hydrogens is 212 g/mol. The van der Waals surface area contributed by atoms with E-state index in [4.69, 9.17) is 11.0 Å². The number of imidazole rings is 1. The van der Waals surface area contributed by atoms with Crippen molar-refractivity contribution in [1.29, 1.82) is 5.26 Å². The van der Waals surface area contributed by atoms with Crippen molar-refractivity contribution >= 4 is 17.0 Å². The highest BCUT2D eigenvalue weighted by molar-refractivity contribution is 5.83. The van der Waals surface area contributed by atoms with Crippen LogP contribution in [0.4, 0.5) is 5.95 Å². The van der Waals surface area contributed by atoms with E-state index in [0.29, 0.717) is 22.9 Å². The maximum absolute atomic E-state index is 9.01. The fourth-order valence-electron chi connectivity index (χ4n) is 1.88. The largest absolute Gasteiger partial charge is 0.369 e. The number of aromatic nitrogens is 2. The van der Waals surface area contributed by atoms with Crippen molar-refractivity contribution in [3.05, 3.63) is 23.8 Å². The summed E-state index contributed by atoms with van der Waals surface area (Å²) in [5, 5.41) is 9.01. The number of hydrogen-bond acceptors (Lipinski definition) is 3. The van der Waals surface area contributed by atoms with Crippen LogP contribution >= 0.6 is 0 Å². The molecule has 2 N–H and O–H groups in total. The molecule has 0 saturated heterocycles. The SMILES string of the molecule is CC(C)CCn1c(N)nc2c(C#N)cccc21. The van der Waals surface area contributed by atoms with Gasteiger partial charge in [-0.1, -0.05) is 19.9 Å². The van der Waals surface area contributed by atoms with Gasteiger partial charge in [0.2, 0.25) is 5.95 Å². The molecular formula is C13H16N4. The van der Waals surface area contributed by atoms with Crippen LogP contribution in [-0.4, -0.2) is 9.55 Å². The van der Waals surface area contributed by atoms with E-state index < -0.39 is 0 Å². The van der Waals surface area contributed by atoms with E-state index in [1.165, 1.54) is 0 Å². The Morgan fingerprint density at radius 3 is 2.88 bits per heavy atom. The minimum Gasteiger partial charge on any atom is -0.369 e. The lowest BCUT2D eigenvalue weighted by Gasteiger charge is -2.08. The standard InChI is InChI=1S/C13H16N4/c1-9(2)6-7-17-11-5-3-4-10(8-14)12(11)16-13(17)15/h3-5,9H,6-7H2,1-2H3,(H2,15,16). The number of aryl methyl sites for hydroxylation is 1. The highest BCUT2D eigenvalue weighted by atomic mass is 15.1. The van der Waals surface area contributed by atoms with Crippen molar-refractivity contribution in [3.63, 3.8) is 0 Å². The van der Waals surface area contributed by atoms with E-state index in [1.807, 2.05) is 16.7 Å². The Labute approximate surface area is 101 Å². The van der Waals surface area contributed by atoms with Crippen molar-refractivity contribution < 1.29 is 0 Å². The van der Waals surface area contributed by atoms with Crippen LogP contribution in [0.2, 0.25) is 0 Å². The molecule has 2 aromatic rings. The first-order valence-corrected chi connectivity index (χ1v) is 5.78. The van der Waals surface area contributed by atoms with Gasteiger partial charge in [-0.2, -0.15) is 5.26 Å². The summed E-state index contributed by atoms with van der Waals surface area (Å²) >= 11 is 0. The number of nitriles is 1. The molecule has 1 aromatic heterocycles. The third-order valence-corrected chi connectivity index (χ3v) is 2.86. The Bertz CT molecular complexity index is 575. The summed E-state index contributed by atoms with van der Waals surface area (Å²) in [5.74, 6) is 1.11. The van der Waals surface area contributed by atoms with E-state index >= 15 is 0 Å². The highest BCUT2D eigenvalue weighted by Gasteiger charge is 2.11. The van der Waals surface area contributed by atoms with Crippen LogP contribution in [0.3, 0.4) is 0 Å². The van der Waals surface area contributed by atoms with Gasteiger partial charge in [-0.05, 0) is 24.5 Å². The second-order valence-corrected chi connectivity index (χ2v) is 4.59. The van der Waals surface area contributed by atoms with Gasteiger partial charge < -0.3 is 10.3 Å². The minimum absolute atomic E-state index is 0.489. The Morgan fingerprint density at radius 2 is 2.24 bits per heavy atom. The zero-order valence-corrected chi connectivity index (χ0v) is 10.1. The molecule has 0 bridgehead atoms. The molecule has 1 aromatic carbocycles. The number of benzene rings is 1. The number of hydrogen-bond donors (Lipinski definition) is 1. The fraction of sp³-hybridized carbons (Fsp3) is 0.385. The van der Waals surface area contributed by atoms with E-state index in [2.05, 4.69) is 24.9 Å². The van der Waals surface area contributed by atoms with Crippen molar-refractivity contribution in [2.75, 3.05) is 5.73 Å². The maximum Gasteiger partial charge on any atom is 0.201 e. The first kappa shape index (κ1) is 11.5. The zero-order valence-electron chi connectivity index (χ0n) is 10.1. The lowest BCUT2D eigenvalue weighted by atomic mass is 10.1. The van der Waals surface area contributed by atoms with Crippen molar-refractivity contribution in [3.8, 4) is 6.07 Å². The van der Waals surface area contributed by atoms with Crippen LogP contribution in [0.1, 0.15) is 25.8 Å². The average Bonchev–Trinajstić information content (AvgIpc) is 2.62. The summed E-state index contributed by atoms with van der Waals surface area (Å²) in [4.78, 5) is 4.28. The summed E-state index contributed by atoms with van der Waals surface area (Å²) in [7, 11) is 0. The van der Waals surface area contributed by atoms with Crippen LogP contribution in [0.25, 0.3) is 11.0 Å². The second kappa shape index (κ2) is 4.46. The third-order valence-electron chi connectivity index (χ3n) is 2.86. The smallest absolute Gasteiger partial charge is 0.201 e. The number of nitrogens with two attached hydrogens (primary N) is 1. The second-order valence-electron chi connectivity index (χ2n) is 4.59. The van der Waals surface area contributed by atoms with Crippen LogP contribution in [-0.2, 0) is 6.54 Å².